The summed E-state index contributed by atoms with van der Waals surface area (Å²) >= 11 is 0. The standard InChI is InChI=1S/C19H23N5O4S/c1-13-7-9-14(10-8-13)29(27,28)23-19-22-16(18(26)24(19)2)6-4-12-21-17(25)15-5-3-11-20-15/h3,5,7-11,16,20H,4,6,12H2,1-2H3,(H,21,25)(H,22,23). The van der Waals surface area contributed by atoms with Crippen molar-refractivity contribution in [1.29, 1.82) is 0 Å². The predicted octanol–water partition coefficient (Wildman–Crippen LogP) is 1.01. The summed E-state index contributed by atoms with van der Waals surface area (Å²) in [6, 6.07) is 9.11. The number of nitrogens with one attached hydrogen (secondary N) is 3. The maximum atomic E-state index is 12.5. The van der Waals surface area contributed by atoms with E-state index in [9.17, 15) is 18.0 Å². The van der Waals surface area contributed by atoms with E-state index in [1.54, 1.807) is 30.5 Å². The Labute approximate surface area is 169 Å². The quantitative estimate of drug-likeness (QED) is 0.582. The Morgan fingerprint density at radius 3 is 2.62 bits per heavy atom. The summed E-state index contributed by atoms with van der Waals surface area (Å²) in [4.78, 5) is 32.6. The lowest BCUT2D eigenvalue weighted by Crippen LogP contribution is -2.42. The first-order chi connectivity index (χ1) is 13.8. The van der Waals surface area contributed by atoms with Crippen molar-refractivity contribution >= 4 is 27.8 Å². The van der Waals surface area contributed by atoms with Crippen LogP contribution in [0.1, 0.15) is 28.9 Å². The second-order valence-corrected chi connectivity index (χ2v) is 8.45. The summed E-state index contributed by atoms with van der Waals surface area (Å²) < 4.78 is 27.4. The van der Waals surface area contributed by atoms with E-state index >= 15 is 0 Å². The summed E-state index contributed by atoms with van der Waals surface area (Å²) in [6.07, 6.45) is 2.58. The minimum atomic E-state index is -3.84. The lowest BCUT2D eigenvalue weighted by Gasteiger charge is -2.14. The van der Waals surface area contributed by atoms with E-state index in [-0.39, 0.29) is 22.7 Å². The monoisotopic (exact) mass is 417 g/mol. The smallest absolute Gasteiger partial charge is 0.267 e. The van der Waals surface area contributed by atoms with Gasteiger partial charge in [0.05, 0.1) is 4.90 Å². The van der Waals surface area contributed by atoms with Crippen molar-refractivity contribution in [3.63, 3.8) is 0 Å². The summed E-state index contributed by atoms with van der Waals surface area (Å²) in [7, 11) is -2.36. The topological polar surface area (TPSA) is 124 Å². The third kappa shape index (κ3) is 4.83. The Bertz CT molecular complexity index is 1010. The minimum absolute atomic E-state index is 0.00371. The number of hydrogen-bond donors (Lipinski definition) is 3. The van der Waals surface area contributed by atoms with Gasteiger partial charge < -0.3 is 10.3 Å². The molecule has 2 heterocycles. The zero-order valence-electron chi connectivity index (χ0n) is 16.2. The van der Waals surface area contributed by atoms with Gasteiger partial charge in [0.15, 0.2) is 0 Å². The predicted molar refractivity (Wildman–Crippen MR) is 108 cm³/mol. The van der Waals surface area contributed by atoms with Crippen molar-refractivity contribution in [3.8, 4) is 0 Å². The number of carbonyl (C=O) groups is 2. The van der Waals surface area contributed by atoms with Crippen molar-refractivity contribution < 1.29 is 18.0 Å². The zero-order chi connectivity index (χ0) is 21.0. The molecule has 1 atom stereocenters. The van der Waals surface area contributed by atoms with Gasteiger partial charge in [-0.25, -0.2) is 18.1 Å². The molecule has 1 aromatic heterocycles. The fourth-order valence-corrected chi connectivity index (χ4v) is 3.90. The summed E-state index contributed by atoms with van der Waals surface area (Å²) in [6.45, 7) is 2.24. The third-order valence-corrected chi connectivity index (χ3v) is 5.89. The number of aryl methyl sites for hydroxylation is 1. The molecule has 0 bridgehead atoms. The number of H-pyrrole nitrogens is 1. The molecule has 1 aliphatic rings. The van der Waals surface area contributed by atoms with Crippen molar-refractivity contribution in [2.45, 2.75) is 30.7 Å². The molecule has 3 N–H and O–H groups in total. The largest absolute Gasteiger partial charge is 0.357 e. The average molecular weight is 417 g/mol. The van der Waals surface area contributed by atoms with Gasteiger partial charge in [-0.2, -0.15) is 0 Å². The Morgan fingerprint density at radius 1 is 1.24 bits per heavy atom. The molecule has 0 spiro atoms. The van der Waals surface area contributed by atoms with Crippen LogP contribution in [-0.2, 0) is 14.8 Å². The van der Waals surface area contributed by atoms with Gasteiger partial charge in [0.2, 0.25) is 5.96 Å². The molecule has 10 heteroatoms. The molecule has 0 fully saturated rings. The van der Waals surface area contributed by atoms with Gasteiger partial charge in [0.25, 0.3) is 21.8 Å². The van der Waals surface area contributed by atoms with Crippen molar-refractivity contribution in [2.24, 2.45) is 4.99 Å². The molecule has 1 aliphatic heterocycles. The second kappa shape index (κ2) is 8.48. The third-order valence-electron chi connectivity index (χ3n) is 4.55. The number of rotatable bonds is 7. The number of hydrogen-bond acceptors (Lipinski definition) is 5. The highest BCUT2D eigenvalue weighted by molar-refractivity contribution is 7.90. The van der Waals surface area contributed by atoms with Crippen LogP contribution in [0, 0.1) is 6.92 Å². The van der Waals surface area contributed by atoms with Gasteiger partial charge in [-0.3, -0.25) is 14.5 Å². The molecule has 2 aromatic rings. The summed E-state index contributed by atoms with van der Waals surface area (Å²) in [5.41, 5.74) is 1.41. The molecular formula is C19H23N5O4S. The van der Waals surface area contributed by atoms with E-state index in [2.05, 4.69) is 20.0 Å². The molecule has 1 aromatic carbocycles. The van der Waals surface area contributed by atoms with Gasteiger partial charge in [-0.1, -0.05) is 17.7 Å². The lowest BCUT2D eigenvalue weighted by molar-refractivity contribution is -0.126. The molecule has 0 saturated carbocycles. The first-order valence-electron chi connectivity index (χ1n) is 9.14. The Kier molecular flexibility index (Phi) is 6.02. The maximum absolute atomic E-state index is 12.5. The molecular weight excluding hydrogens is 394 g/mol. The Morgan fingerprint density at radius 2 is 1.97 bits per heavy atom. The Balaban J connectivity index is 1.56. The van der Waals surface area contributed by atoms with Crippen LogP contribution in [0.2, 0.25) is 0 Å². The number of aliphatic imine (C=N–C) groups is 1. The van der Waals surface area contributed by atoms with E-state index in [4.69, 9.17) is 0 Å². The fourth-order valence-electron chi connectivity index (χ4n) is 2.86. The van der Waals surface area contributed by atoms with E-state index in [1.807, 2.05) is 6.92 Å². The van der Waals surface area contributed by atoms with Gasteiger partial charge >= 0.3 is 0 Å². The molecule has 0 saturated heterocycles. The van der Waals surface area contributed by atoms with E-state index in [1.165, 1.54) is 24.1 Å². The number of guanidine groups is 1. The van der Waals surface area contributed by atoms with Crippen molar-refractivity contribution in [3.05, 3.63) is 53.9 Å². The van der Waals surface area contributed by atoms with Crippen LogP contribution < -0.4 is 10.0 Å². The number of likely N-dealkylation sites (N-methyl/N-ethyl adjacent to an activating group) is 1. The highest BCUT2D eigenvalue weighted by Crippen LogP contribution is 2.16. The lowest BCUT2D eigenvalue weighted by atomic mass is 10.1. The first kappa shape index (κ1) is 20.6. The molecule has 9 nitrogen and oxygen atoms in total. The highest BCUT2D eigenvalue weighted by Gasteiger charge is 2.33. The van der Waals surface area contributed by atoms with Crippen LogP contribution in [0.3, 0.4) is 0 Å². The number of aromatic nitrogens is 1. The van der Waals surface area contributed by atoms with Crippen LogP contribution in [0.4, 0.5) is 0 Å². The van der Waals surface area contributed by atoms with Gasteiger partial charge in [-0.05, 0) is 44.0 Å². The number of aromatic amines is 1. The molecule has 0 radical (unpaired) electrons. The maximum Gasteiger partial charge on any atom is 0.267 e. The van der Waals surface area contributed by atoms with Crippen LogP contribution in [0.25, 0.3) is 0 Å². The van der Waals surface area contributed by atoms with Crippen LogP contribution in [0.5, 0.6) is 0 Å². The van der Waals surface area contributed by atoms with Crippen molar-refractivity contribution in [2.75, 3.05) is 13.6 Å². The van der Waals surface area contributed by atoms with Crippen LogP contribution in [-0.4, -0.2) is 55.7 Å². The minimum Gasteiger partial charge on any atom is -0.357 e. The second-order valence-electron chi connectivity index (χ2n) is 6.77. The van der Waals surface area contributed by atoms with Gasteiger partial charge in [0.1, 0.15) is 11.7 Å². The molecule has 29 heavy (non-hydrogen) atoms. The number of amides is 2. The van der Waals surface area contributed by atoms with Crippen molar-refractivity contribution in [1.82, 2.24) is 19.9 Å². The number of sulfonamides is 1. The average Bonchev–Trinajstić information content (AvgIpc) is 3.30. The highest BCUT2D eigenvalue weighted by atomic mass is 32.2. The van der Waals surface area contributed by atoms with E-state index in [0.717, 1.165) is 5.56 Å². The number of nitrogens with zero attached hydrogens (tertiary/aromatic N) is 2. The fraction of sp³-hybridized carbons (Fsp3) is 0.316. The molecule has 154 valence electrons. The summed E-state index contributed by atoms with van der Waals surface area (Å²) in [5, 5.41) is 2.76. The van der Waals surface area contributed by atoms with E-state index < -0.39 is 16.1 Å². The number of benzene rings is 1. The summed E-state index contributed by atoms with van der Waals surface area (Å²) in [5.74, 6) is -0.516. The normalized spacial score (nSPS) is 16.6. The Hall–Kier alpha value is -3.14. The molecule has 1 unspecified atom stereocenters. The first-order valence-corrected chi connectivity index (χ1v) is 10.6. The molecule has 0 aliphatic carbocycles. The SMILES string of the molecule is Cc1ccc(S(=O)(=O)NC2=NC(CCCNC(=O)c3ccc[nH]3)C(=O)N2C)cc1. The van der Waals surface area contributed by atoms with Gasteiger partial charge in [-0.15, -0.1) is 0 Å². The van der Waals surface area contributed by atoms with Crippen LogP contribution >= 0.6 is 0 Å². The zero-order valence-corrected chi connectivity index (χ0v) is 17.0. The molecule has 3 rings (SSSR count). The van der Waals surface area contributed by atoms with E-state index in [0.29, 0.717) is 25.1 Å². The number of carbonyl (C=O) groups excluding carboxylic acids is 2. The van der Waals surface area contributed by atoms with Gasteiger partial charge in [0, 0.05) is 19.8 Å². The van der Waals surface area contributed by atoms with Crippen LogP contribution in [0.15, 0.2) is 52.5 Å². The molecule has 2 amide bonds.